The van der Waals surface area contributed by atoms with Crippen LogP contribution in [-0.2, 0) is 0 Å². The summed E-state index contributed by atoms with van der Waals surface area (Å²) in [5.41, 5.74) is 1.61. The van der Waals surface area contributed by atoms with E-state index in [0.717, 1.165) is 24.2 Å². The number of benzene rings is 1. The predicted molar refractivity (Wildman–Crippen MR) is 93.7 cm³/mol. The number of nitrogens with one attached hydrogen (secondary N) is 2. The molecule has 0 amide bonds. The van der Waals surface area contributed by atoms with E-state index < -0.39 is 6.61 Å². The summed E-state index contributed by atoms with van der Waals surface area (Å²) in [6, 6.07) is 8.27. The summed E-state index contributed by atoms with van der Waals surface area (Å²) >= 11 is 0. The zero-order valence-corrected chi connectivity index (χ0v) is 14.5. The number of aromatic nitrogens is 2. The maximum Gasteiger partial charge on any atom is 0.387 e. The summed E-state index contributed by atoms with van der Waals surface area (Å²) in [4.78, 5) is 9.11. The summed E-state index contributed by atoms with van der Waals surface area (Å²) in [7, 11) is 0. The maximum atomic E-state index is 12.2. The third kappa shape index (κ3) is 5.27. The summed E-state index contributed by atoms with van der Waals surface area (Å²) < 4.78 is 28.8. The monoisotopic (exact) mass is 348 g/mol. The predicted octanol–water partition coefficient (Wildman–Crippen LogP) is 4.91. The average Bonchev–Trinajstić information content (AvgIpc) is 3.31. The highest BCUT2D eigenvalue weighted by molar-refractivity contribution is 5.59. The van der Waals surface area contributed by atoms with Crippen molar-refractivity contribution in [1.29, 1.82) is 0 Å². The Morgan fingerprint density at radius 1 is 1.12 bits per heavy atom. The summed E-state index contributed by atoms with van der Waals surface area (Å²) in [5, 5.41) is 6.49. The molecule has 0 bridgehead atoms. The Labute approximate surface area is 145 Å². The number of anilines is 3. The van der Waals surface area contributed by atoms with Crippen LogP contribution >= 0.6 is 0 Å². The smallest absolute Gasteiger partial charge is 0.387 e. The fourth-order valence-electron chi connectivity index (χ4n) is 2.38. The first-order valence-electron chi connectivity index (χ1n) is 8.27. The molecule has 1 heterocycles. The van der Waals surface area contributed by atoms with E-state index in [1.165, 1.54) is 12.1 Å². The quantitative estimate of drug-likeness (QED) is 0.777. The molecule has 0 spiro atoms. The first-order valence-corrected chi connectivity index (χ1v) is 8.27. The highest BCUT2D eigenvalue weighted by Gasteiger charge is 2.26. The Morgan fingerprint density at radius 3 is 2.36 bits per heavy atom. The lowest BCUT2D eigenvalue weighted by molar-refractivity contribution is -0.0498. The molecule has 1 aromatic heterocycles. The van der Waals surface area contributed by atoms with Gasteiger partial charge in [-0.05, 0) is 57.9 Å². The molecule has 25 heavy (non-hydrogen) atoms. The summed E-state index contributed by atoms with van der Waals surface area (Å²) in [6.45, 7) is 3.33. The van der Waals surface area contributed by atoms with Crippen molar-refractivity contribution in [3.8, 4) is 5.75 Å². The molecule has 1 saturated carbocycles. The van der Waals surface area contributed by atoms with Crippen LogP contribution in [0.1, 0.15) is 45.2 Å². The number of hydrogen-bond donors (Lipinski definition) is 2. The number of ether oxygens (including phenoxy) is 1. The second-order valence-corrected chi connectivity index (χ2v) is 7.18. The van der Waals surface area contributed by atoms with Crippen molar-refractivity contribution in [1.82, 2.24) is 9.97 Å². The van der Waals surface area contributed by atoms with Crippen molar-refractivity contribution in [2.45, 2.75) is 51.7 Å². The van der Waals surface area contributed by atoms with Crippen LogP contribution in [0.3, 0.4) is 0 Å². The van der Waals surface area contributed by atoms with Gasteiger partial charge in [-0.3, -0.25) is 0 Å². The Morgan fingerprint density at radius 2 is 1.80 bits per heavy atom. The van der Waals surface area contributed by atoms with Gasteiger partial charge in [-0.25, -0.2) is 4.98 Å². The molecule has 0 saturated heterocycles. The van der Waals surface area contributed by atoms with Gasteiger partial charge in [0, 0.05) is 23.2 Å². The van der Waals surface area contributed by atoms with Crippen LogP contribution in [0.2, 0.25) is 0 Å². The normalized spacial score (nSPS) is 14.5. The van der Waals surface area contributed by atoms with Gasteiger partial charge < -0.3 is 15.4 Å². The largest absolute Gasteiger partial charge is 0.435 e. The maximum absolute atomic E-state index is 12.2. The Kier molecular flexibility index (Phi) is 4.74. The molecule has 0 radical (unpaired) electrons. The molecule has 0 aliphatic heterocycles. The Balaban J connectivity index is 1.78. The fourth-order valence-corrected chi connectivity index (χ4v) is 2.38. The first kappa shape index (κ1) is 17.4. The lowest BCUT2D eigenvalue weighted by atomic mass is 10.1. The van der Waals surface area contributed by atoms with Gasteiger partial charge in [0.05, 0.1) is 5.69 Å². The van der Waals surface area contributed by atoms with Gasteiger partial charge in [0.2, 0.25) is 5.95 Å². The second kappa shape index (κ2) is 6.82. The van der Waals surface area contributed by atoms with Gasteiger partial charge in [0.15, 0.2) is 0 Å². The molecule has 134 valence electrons. The third-order valence-electron chi connectivity index (χ3n) is 3.58. The van der Waals surface area contributed by atoms with Crippen LogP contribution in [0.4, 0.5) is 26.2 Å². The number of halogens is 2. The third-order valence-corrected chi connectivity index (χ3v) is 3.58. The first-order chi connectivity index (χ1) is 11.8. The molecular weight excluding hydrogens is 326 g/mol. The Bertz CT molecular complexity index is 725. The minimum absolute atomic E-state index is 0.122. The minimum atomic E-state index is -2.83. The minimum Gasteiger partial charge on any atom is -0.435 e. The molecule has 0 atom stereocenters. The molecule has 1 fully saturated rings. The number of hydrogen-bond acceptors (Lipinski definition) is 5. The van der Waals surface area contributed by atoms with Gasteiger partial charge >= 0.3 is 6.61 Å². The van der Waals surface area contributed by atoms with Gasteiger partial charge in [-0.15, -0.1) is 0 Å². The fraction of sp³-hybridized carbons (Fsp3) is 0.444. The van der Waals surface area contributed by atoms with Crippen molar-refractivity contribution in [2.24, 2.45) is 0 Å². The van der Waals surface area contributed by atoms with E-state index in [4.69, 9.17) is 0 Å². The molecule has 2 aromatic rings. The van der Waals surface area contributed by atoms with Crippen molar-refractivity contribution < 1.29 is 13.5 Å². The molecule has 2 N–H and O–H groups in total. The van der Waals surface area contributed by atoms with E-state index in [0.29, 0.717) is 17.7 Å². The van der Waals surface area contributed by atoms with E-state index in [9.17, 15) is 8.78 Å². The zero-order chi connectivity index (χ0) is 18.0. The van der Waals surface area contributed by atoms with E-state index in [1.807, 2.05) is 6.07 Å². The molecule has 7 heteroatoms. The number of nitrogens with zero attached hydrogens (tertiary/aromatic N) is 2. The Hall–Kier alpha value is -2.44. The molecule has 1 aromatic carbocycles. The van der Waals surface area contributed by atoms with Crippen LogP contribution in [-0.4, -0.2) is 22.1 Å². The average molecular weight is 348 g/mol. The van der Waals surface area contributed by atoms with Crippen LogP contribution < -0.4 is 15.4 Å². The molecule has 5 nitrogen and oxygen atoms in total. The van der Waals surface area contributed by atoms with Crippen molar-refractivity contribution in [3.63, 3.8) is 0 Å². The van der Waals surface area contributed by atoms with Crippen LogP contribution in [0, 0.1) is 0 Å². The zero-order valence-electron chi connectivity index (χ0n) is 14.5. The molecule has 3 rings (SSSR count). The SMILES string of the molecule is CC(C)(C)Nc1nc(Nc2ccc(OC(F)F)cc2)cc(C2CC2)n1. The van der Waals surface area contributed by atoms with Gasteiger partial charge in [-0.1, -0.05) is 0 Å². The van der Waals surface area contributed by atoms with Gasteiger partial charge in [-0.2, -0.15) is 13.8 Å². The van der Waals surface area contributed by atoms with Gasteiger partial charge in [0.25, 0.3) is 0 Å². The van der Waals surface area contributed by atoms with E-state index >= 15 is 0 Å². The van der Waals surface area contributed by atoms with Crippen molar-refractivity contribution in [3.05, 3.63) is 36.0 Å². The second-order valence-electron chi connectivity index (χ2n) is 7.18. The number of rotatable bonds is 6. The van der Waals surface area contributed by atoms with Crippen molar-refractivity contribution in [2.75, 3.05) is 10.6 Å². The summed E-state index contributed by atoms with van der Waals surface area (Å²) in [6.07, 6.45) is 2.29. The highest BCUT2D eigenvalue weighted by atomic mass is 19.3. The van der Waals surface area contributed by atoms with Crippen molar-refractivity contribution >= 4 is 17.5 Å². The van der Waals surface area contributed by atoms with Gasteiger partial charge in [0.1, 0.15) is 11.6 Å². The van der Waals surface area contributed by atoms with Crippen LogP contribution in [0.25, 0.3) is 0 Å². The molecule has 1 aliphatic carbocycles. The summed E-state index contributed by atoms with van der Waals surface area (Å²) in [5.74, 6) is 1.87. The molecule has 0 unspecified atom stereocenters. The number of alkyl halides is 2. The molecule has 1 aliphatic rings. The standard InChI is InChI=1S/C18H22F2N4O/c1-18(2,3)24-17-22-14(11-4-5-11)10-15(23-17)21-12-6-8-13(9-7-12)25-16(19)20/h6-11,16H,4-5H2,1-3H3,(H2,21,22,23,24). The van der Waals surface area contributed by atoms with E-state index in [-0.39, 0.29) is 11.3 Å². The lowest BCUT2D eigenvalue weighted by Crippen LogP contribution is -2.27. The van der Waals surface area contributed by atoms with Crippen LogP contribution in [0.5, 0.6) is 5.75 Å². The van der Waals surface area contributed by atoms with E-state index in [1.54, 1.807) is 12.1 Å². The van der Waals surface area contributed by atoms with Crippen LogP contribution in [0.15, 0.2) is 30.3 Å². The molecular formula is C18H22F2N4O. The lowest BCUT2D eigenvalue weighted by Gasteiger charge is -2.21. The highest BCUT2D eigenvalue weighted by Crippen LogP contribution is 2.40. The topological polar surface area (TPSA) is 59.1 Å². The van der Waals surface area contributed by atoms with E-state index in [2.05, 4.69) is 46.1 Å².